The lowest BCUT2D eigenvalue weighted by Crippen LogP contribution is -2.47. The Balaban J connectivity index is 1.87. The first kappa shape index (κ1) is 22.3. The Hall–Kier alpha value is -3.39. The van der Waals surface area contributed by atoms with Gasteiger partial charge in [-0.15, -0.1) is 0 Å². The highest BCUT2D eigenvalue weighted by molar-refractivity contribution is 7.80. The van der Waals surface area contributed by atoms with Gasteiger partial charge in [-0.05, 0) is 62.8 Å². The molecule has 0 saturated carbocycles. The van der Waals surface area contributed by atoms with Crippen LogP contribution in [-0.2, 0) is 9.53 Å². The summed E-state index contributed by atoms with van der Waals surface area (Å²) in [6, 6.07) is 15.7. The summed E-state index contributed by atoms with van der Waals surface area (Å²) in [6.45, 7) is 6.52. The molecule has 0 saturated heterocycles. The van der Waals surface area contributed by atoms with E-state index in [1.165, 1.54) is 0 Å². The first-order valence-electron chi connectivity index (χ1n) is 10.1. The Labute approximate surface area is 187 Å². The van der Waals surface area contributed by atoms with Crippen LogP contribution in [0.4, 0.5) is 16.2 Å². The standard InChI is InChI=1S/C23H26N4O3S/c1-4-27-15(3)19(21(28)30-5-2)20(26-23(27)31)16-10-9-13-18(14-16)25-22(29)24-17-11-7-6-8-12-17/h6-14,20H,4-5H2,1-3H3,(H,26,31)(H2,24,25,29). The smallest absolute Gasteiger partial charge is 0.338 e. The maximum Gasteiger partial charge on any atom is 0.338 e. The number of rotatable bonds is 6. The van der Waals surface area contributed by atoms with Gasteiger partial charge in [-0.2, -0.15) is 0 Å². The molecule has 162 valence electrons. The Morgan fingerprint density at radius 2 is 1.74 bits per heavy atom. The summed E-state index contributed by atoms with van der Waals surface area (Å²) in [5, 5.41) is 9.40. The second kappa shape index (κ2) is 10.1. The number of para-hydroxylation sites is 1. The molecule has 2 aromatic carbocycles. The molecular weight excluding hydrogens is 412 g/mol. The summed E-state index contributed by atoms with van der Waals surface area (Å²) < 4.78 is 5.31. The van der Waals surface area contributed by atoms with Crippen molar-refractivity contribution in [1.82, 2.24) is 10.2 Å². The first-order valence-corrected chi connectivity index (χ1v) is 10.5. The third-order valence-electron chi connectivity index (χ3n) is 4.92. The van der Waals surface area contributed by atoms with Crippen LogP contribution in [0.5, 0.6) is 0 Å². The topological polar surface area (TPSA) is 82.7 Å². The van der Waals surface area contributed by atoms with Crippen molar-refractivity contribution < 1.29 is 14.3 Å². The van der Waals surface area contributed by atoms with Gasteiger partial charge in [0, 0.05) is 23.6 Å². The zero-order chi connectivity index (χ0) is 22.4. The average Bonchev–Trinajstić information content (AvgIpc) is 2.74. The van der Waals surface area contributed by atoms with Crippen LogP contribution in [-0.4, -0.2) is 35.2 Å². The number of urea groups is 1. The molecular formula is C23H26N4O3S. The molecule has 1 unspecified atom stereocenters. The van der Waals surface area contributed by atoms with Crippen molar-refractivity contribution in [2.24, 2.45) is 0 Å². The van der Waals surface area contributed by atoms with Crippen molar-refractivity contribution >= 4 is 40.7 Å². The summed E-state index contributed by atoms with van der Waals surface area (Å²) >= 11 is 5.51. The van der Waals surface area contributed by atoms with Crippen LogP contribution in [0.1, 0.15) is 32.4 Å². The maximum atomic E-state index is 12.8. The third-order valence-corrected chi connectivity index (χ3v) is 5.26. The molecule has 3 N–H and O–H groups in total. The van der Waals surface area contributed by atoms with Crippen LogP contribution in [0.3, 0.4) is 0 Å². The fourth-order valence-electron chi connectivity index (χ4n) is 3.50. The molecule has 1 atom stereocenters. The van der Waals surface area contributed by atoms with Crippen LogP contribution in [0.25, 0.3) is 0 Å². The van der Waals surface area contributed by atoms with E-state index < -0.39 is 12.0 Å². The number of thiocarbonyl (C=S) groups is 1. The number of benzene rings is 2. The van der Waals surface area contributed by atoms with Crippen LogP contribution < -0.4 is 16.0 Å². The molecule has 2 amide bonds. The van der Waals surface area contributed by atoms with E-state index in [-0.39, 0.29) is 12.6 Å². The van der Waals surface area contributed by atoms with Crippen molar-refractivity contribution in [2.75, 3.05) is 23.8 Å². The second-order valence-electron chi connectivity index (χ2n) is 6.92. The predicted molar refractivity (Wildman–Crippen MR) is 126 cm³/mol. The zero-order valence-electron chi connectivity index (χ0n) is 17.8. The third kappa shape index (κ3) is 5.21. The molecule has 31 heavy (non-hydrogen) atoms. The quantitative estimate of drug-likeness (QED) is 0.458. The molecule has 1 aliphatic rings. The molecule has 0 fully saturated rings. The summed E-state index contributed by atoms with van der Waals surface area (Å²) in [5.41, 5.74) is 3.34. The van der Waals surface area contributed by atoms with E-state index in [0.717, 1.165) is 11.3 Å². The number of anilines is 2. The SMILES string of the molecule is CCOC(=O)C1=C(C)N(CC)C(=S)NC1c1cccc(NC(=O)Nc2ccccc2)c1. The minimum absolute atomic E-state index is 0.278. The van der Waals surface area contributed by atoms with Crippen LogP contribution in [0.15, 0.2) is 65.9 Å². The van der Waals surface area contributed by atoms with Gasteiger partial charge in [-0.3, -0.25) is 0 Å². The minimum Gasteiger partial charge on any atom is -0.463 e. The monoisotopic (exact) mass is 438 g/mol. The molecule has 0 radical (unpaired) electrons. The molecule has 0 aliphatic carbocycles. The van der Waals surface area contributed by atoms with Crippen LogP contribution in [0.2, 0.25) is 0 Å². The lowest BCUT2D eigenvalue weighted by Gasteiger charge is -2.37. The number of allylic oxidation sites excluding steroid dienone is 1. The van der Waals surface area contributed by atoms with Crippen molar-refractivity contribution in [1.29, 1.82) is 0 Å². The van der Waals surface area contributed by atoms with Gasteiger partial charge in [0.2, 0.25) is 0 Å². The van der Waals surface area contributed by atoms with Crippen molar-refractivity contribution in [3.05, 3.63) is 71.4 Å². The Morgan fingerprint density at radius 1 is 1.06 bits per heavy atom. The number of amides is 2. The first-order chi connectivity index (χ1) is 14.9. The van der Waals surface area contributed by atoms with Crippen molar-refractivity contribution in [3.8, 4) is 0 Å². The number of esters is 1. The zero-order valence-corrected chi connectivity index (χ0v) is 18.6. The van der Waals surface area contributed by atoms with Gasteiger partial charge < -0.3 is 25.6 Å². The number of hydrogen-bond donors (Lipinski definition) is 3. The maximum absolute atomic E-state index is 12.8. The molecule has 1 heterocycles. The molecule has 1 aliphatic heterocycles. The summed E-state index contributed by atoms with van der Waals surface area (Å²) in [6.07, 6.45) is 0. The fraction of sp³-hybridized carbons (Fsp3) is 0.261. The van der Waals surface area contributed by atoms with Crippen molar-refractivity contribution in [2.45, 2.75) is 26.8 Å². The highest BCUT2D eigenvalue weighted by Crippen LogP contribution is 2.32. The predicted octanol–water partition coefficient (Wildman–Crippen LogP) is 4.42. The molecule has 0 aromatic heterocycles. The second-order valence-corrected chi connectivity index (χ2v) is 7.30. The van der Waals surface area contributed by atoms with E-state index in [0.29, 0.717) is 28.6 Å². The fourth-order valence-corrected chi connectivity index (χ4v) is 3.88. The van der Waals surface area contributed by atoms with Gasteiger partial charge in [-0.25, -0.2) is 9.59 Å². The summed E-state index contributed by atoms with van der Waals surface area (Å²) in [4.78, 5) is 27.0. The summed E-state index contributed by atoms with van der Waals surface area (Å²) in [5.74, 6) is -0.390. The van der Waals surface area contributed by atoms with Crippen LogP contribution in [0, 0.1) is 0 Å². The van der Waals surface area contributed by atoms with E-state index in [9.17, 15) is 9.59 Å². The lowest BCUT2D eigenvalue weighted by atomic mass is 9.94. The van der Waals surface area contributed by atoms with Gasteiger partial charge >= 0.3 is 12.0 Å². The van der Waals surface area contributed by atoms with Gasteiger partial charge in [-0.1, -0.05) is 30.3 Å². The van der Waals surface area contributed by atoms with E-state index in [1.54, 1.807) is 13.0 Å². The molecule has 2 aromatic rings. The number of hydrogen-bond acceptors (Lipinski definition) is 4. The van der Waals surface area contributed by atoms with Crippen LogP contribution >= 0.6 is 12.2 Å². The Kier molecular flexibility index (Phi) is 7.25. The lowest BCUT2D eigenvalue weighted by molar-refractivity contribution is -0.139. The largest absolute Gasteiger partial charge is 0.463 e. The Morgan fingerprint density at radius 3 is 2.42 bits per heavy atom. The number of ether oxygens (including phenoxy) is 1. The van der Waals surface area contributed by atoms with Crippen molar-refractivity contribution in [3.63, 3.8) is 0 Å². The van der Waals surface area contributed by atoms with Gasteiger partial charge in [0.15, 0.2) is 5.11 Å². The summed E-state index contributed by atoms with van der Waals surface area (Å²) in [7, 11) is 0. The minimum atomic E-state index is -0.478. The molecule has 7 nitrogen and oxygen atoms in total. The molecule has 8 heteroatoms. The van der Waals surface area contributed by atoms with E-state index in [2.05, 4.69) is 16.0 Å². The number of nitrogens with zero attached hydrogens (tertiary/aromatic N) is 1. The van der Waals surface area contributed by atoms with Gasteiger partial charge in [0.1, 0.15) is 0 Å². The average molecular weight is 439 g/mol. The van der Waals surface area contributed by atoms with Gasteiger partial charge in [0.25, 0.3) is 0 Å². The van der Waals surface area contributed by atoms with E-state index in [4.69, 9.17) is 17.0 Å². The number of carbonyl (C=O) groups is 2. The molecule has 0 bridgehead atoms. The number of nitrogens with one attached hydrogen (secondary N) is 3. The highest BCUT2D eigenvalue weighted by Gasteiger charge is 2.34. The highest BCUT2D eigenvalue weighted by atomic mass is 32.1. The van der Waals surface area contributed by atoms with E-state index in [1.807, 2.05) is 67.3 Å². The van der Waals surface area contributed by atoms with Gasteiger partial charge in [0.05, 0.1) is 18.2 Å². The number of carbonyl (C=O) groups excluding carboxylic acids is 2. The normalized spacial score (nSPS) is 15.9. The Bertz CT molecular complexity index is 1010. The molecule has 0 spiro atoms. The molecule has 3 rings (SSSR count). The van der Waals surface area contributed by atoms with E-state index >= 15 is 0 Å².